The number of hydrogen-bond donors (Lipinski definition) is 0. The van der Waals surface area contributed by atoms with E-state index in [4.69, 9.17) is 20.7 Å². The van der Waals surface area contributed by atoms with Crippen LogP contribution in [0.3, 0.4) is 0 Å². The summed E-state index contributed by atoms with van der Waals surface area (Å²) in [6, 6.07) is 4.79. The van der Waals surface area contributed by atoms with Crippen molar-refractivity contribution in [2.24, 2.45) is 0 Å². The quantitative estimate of drug-likeness (QED) is 0.779. The van der Waals surface area contributed by atoms with Gasteiger partial charge in [-0.25, -0.2) is 8.42 Å². The van der Waals surface area contributed by atoms with E-state index in [9.17, 15) is 8.42 Å². The van der Waals surface area contributed by atoms with Crippen LogP contribution >= 0.6 is 10.7 Å². The molecule has 0 atom stereocenters. The average Bonchev–Trinajstić information content (AvgIpc) is 2.25. The Labute approximate surface area is 98.8 Å². The lowest BCUT2D eigenvalue weighted by Crippen LogP contribution is -2.02. The Hall–Kier alpha value is -1.25. The van der Waals surface area contributed by atoms with Gasteiger partial charge in [0.25, 0.3) is 9.05 Å². The zero-order chi connectivity index (χ0) is 12.3. The highest BCUT2D eigenvalue weighted by molar-refractivity contribution is 8.13. The van der Waals surface area contributed by atoms with E-state index >= 15 is 0 Å². The first kappa shape index (κ1) is 12.8. The van der Waals surface area contributed by atoms with Crippen LogP contribution in [-0.2, 0) is 15.5 Å². The van der Waals surface area contributed by atoms with Gasteiger partial charge in [0.15, 0.2) is 0 Å². The first-order valence-corrected chi connectivity index (χ1v) is 6.80. The number of benzene rings is 1. The van der Waals surface area contributed by atoms with E-state index in [0.717, 1.165) is 0 Å². The standard InChI is InChI=1S/C10H10ClNO3S/c1-3-8-4-7(6-12)5-9(15-2)10(8)16(11,13)14/h4-5H,3H2,1-2H3. The van der Waals surface area contributed by atoms with Crippen LogP contribution in [0.25, 0.3) is 0 Å². The summed E-state index contributed by atoms with van der Waals surface area (Å²) in [7, 11) is 2.79. The predicted molar refractivity (Wildman–Crippen MR) is 60.1 cm³/mol. The maximum absolute atomic E-state index is 11.4. The molecule has 86 valence electrons. The molecule has 16 heavy (non-hydrogen) atoms. The maximum Gasteiger partial charge on any atom is 0.265 e. The van der Waals surface area contributed by atoms with Gasteiger partial charge in [-0.2, -0.15) is 5.26 Å². The van der Waals surface area contributed by atoms with Crippen molar-refractivity contribution in [1.29, 1.82) is 5.26 Å². The molecule has 0 spiro atoms. The second kappa shape index (κ2) is 4.73. The molecule has 0 aromatic heterocycles. The molecule has 6 heteroatoms. The SMILES string of the molecule is CCc1cc(C#N)cc(OC)c1S(=O)(=O)Cl. The third-order valence-corrected chi connectivity index (χ3v) is 3.52. The lowest BCUT2D eigenvalue weighted by Gasteiger charge is -2.10. The van der Waals surface area contributed by atoms with E-state index in [-0.39, 0.29) is 10.6 Å². The molecular weight excluding hydrogens is 250 g/mol. The van der Waals surface area contributed by atoms with Crippen molar-refractivity contribution < 1.29 is 13.2 Å². The highest BCUT2D eigenvalue weighted by Crippen LogP contribution is 2.32. The Kier molecular flexibility index (Phi) is 3.79. The van der Waals surface area contributed by atoms with Gasteiger partial charge in [-0.1, -0.05) is 6.92 Å². The molecule has 0 saturated heterocycles. The van der Waals surface area contributed by atoms with E-state index in [1.54, 1.807) is 6.92 Å². The summed E-state index contributed by atoms with van der Waals surface area (Å²) in [6.07, 6.45) is 0.452. The van der Waals surface area contributed by atoms with Gasteiger partial charge in [-0.15, -0.1) is 0 Å². The number of halogens is 1. The fourth-order valence-electron chi connectivity index (χ4n) is 1.42. The maximum atomic E-state index is 11.4. The molecule has 0 fully saturated rings. The van der Waals surface area contributed by atoms with Crippen molar-refractivity contribution in [2.75, 3.05) is 7.11 Å². The topological polar surface area (TPSA) is 67.2 Å². The smallest absolute Gasteiger partial charge is 0.265 e. The van der Waals surface area contributed by atoms with Gasteiger partial charge in [0, 0.05) is 10.7 Å². The minimum Gasteiger partial charge on any atom is -0.495 e. The Morgan fingerprint density at radius 1 is 1.50 bits per heavy atom. The van der Waals surface area contributed by atoms with Crippen LogP contribution in [0, 0.1) is 11.3 Å². The van der Waals surface area contributed by atoms with Gasteiger partial charge in [0.2, 0.25) is 0 Å². The summed E-state index contributed by atoms with van der Waals surface area (Å²) in [6.45, 7) is 1.78. The van der Waals surface area contributed by atoms with Crippen molar-refractivity contribution in [3.8, 4) is 11.8 Å². The second-order valence-corrected chi connectivity index (χ2v) is 5.57. The van der Waals surface area contributed by atoms with Crippen LogP contribution in [0.4, 0.5) is 0 Å². The highest BCUT2D eigenvalue weighted by Gasteiger charge is 2.21. The molecule has 0 heterocycles. The fourth-order valence-corrected chi connectivity index (χ4v) is 2.84. The van der Waals surface area contributed by atoms with Crippen molar-refractivity contribution in [2.45, 2.75) is 18.2 Å². The van der Waals surface area contributed by atoms with Gasteiger partial charge in [-0.3, -0.25) is 0 Å². The first-order chi connectivity index (χ1) is 7.43. The Morgan fingerprint density at radius 2 is 2.12 bits per heavy atom. The molecule has 0 aliphatic carbocycles. The van der Waals surface area contributed by atoms with Crippen molar-refractivity contribution in [1.82, 2.24) is 0 Å². The number of nitriles is 1. The van der Waals surface area contributed by atoms with Crippen molar-refractivity contribution in [3.63, 3.8) is 0 Å². The van der Waals surface area contributed by atoms with Crippen molar-refractivity contribution >= 4 is 19.7 Å². The van der Waals surface area contributed by atoms with Gasteiger partial charge < -0.3 is 4.74 Å². The molecule has 0 aliphatic heterocycles. The van der Waals surface area contributed by atoms with Gasteiger partial charge in [0.1, 0.15) is 10.6 Å². The average molecular weight is 260 g/mol. The third kappa shape index (κ3) is 2.46. The zero-order valence-corrected chi connectivity index (χ0v) is 10.4. The van der Waals surface area contributed by atoms with Crippen LogP contribution in [0.15, 0.2) is 17.0 Å². The van der Waals surface area contributed by atoms with Crippen molar-refractivity contribution in [3.05, 3.63) is 23.3 Å². The molecule has 1 aromatic carbocycles. The molecule has 0 bridgehead atoms. The molecule has 1 aromatic rings. The normalized spacial score (nSPS) is 10.9. The summed E-state index contributed by atoms with van der Waals surface area (Å²) in [5.74, 6) is 0.103. The third-order valence-electron chi connectivity index (χ3n) is 2.11. The molecule has 0 amide bonds. The molecule has 0 aliphatic rings. The van der Waals surface area contributed by atoms with Crippen LogP contribution in [-0.4, -0.2) is 15.5 Å². The number of ether oxygens (including phenoxy) is 1. The summed E-state index contributed by atoms with van der Waals surface area (Å²) in [4.78, 5) is -0.0573. The second-order valence-electron chi connectivity index (χ2n) is 3.07. The van der Waals surface area contributed by atoms with E-state index in [0.29, 0.717) is 17.5 Å². The predicted octanol–water partition coefficient (Wildman–Crippen LogP) is 2.06. The fraction of sp³-hybridized carbons (Fsp3) is 0.300. The van der Waals surface area contributed by atoms with Crippen LogP contribution in [0.5, 0.6) is 5.75 Å². The zero-order valence-electron chi connectivity index (χ0n) is 8.82. The summed E-state index contributed by atoms with van der Waals surface area (Å²) < 4.78 is 27.7. The van der Waals surface area contributed by atoms with Gasteiger partial charge >= 0.3 is 0 Å². The van der Waals surface area contributed by atoms with E-state index < -0.39 is 9.05 Å². The first-order valence-electron chi connectivity index (χ1n) is 4.49. The molecule has 0 unspecified atom stereocenters. The Bertz CT molecular complexity index is 521. The molecular formula is C10H10ClNO3S. The highest BCUT2D eigenvalue weighted by atomic mass is 35.7. The molecule has 1 rings (SSSR count). The van der Waals surface area contributed by atoms with Gasteiger partial charge in [-0.05, 0) is 24.1 Å². The van der Waals surface area contributed by atoms with Crippen LogP contribution < -0.4 is 4.74 Å². The lowest BCUT2D eigenvalue weighted by molar-refractivity contribution is 0.402. The summed E-state index contributed by atoms with van der Waals surface area (Å²) in [5, 5.41) is 8.78. The largest absolute Gasteiger partial charge is 0.495 e. The van der Waals surface area contributed by atoms with Crippen LogP contribution in [0.2, 0.25) is 0 Å². The number of rotatable bonds is 3. The Balaban J connectivity index is 3.65. The lowest BCUT2D eigenvalue weighted by atomic mass is 10.1. The number of hydrogen-bond acceptors (Lipinski definition) is 4. The van der Waals surface area contributed by atoms with E-state index in [2.05, 4.69) is 0 Å². The summed E-state index contributed by atoms with van der Waals surface area (Å²) in [5.41, 5.74) is 0.823. The monoisotopic (exact) mass is 259 g/mol. The number of aryl methyl sites for hydroxylation is 1. The molecule has 4 nitrogen and oxygen atoms in total. The molecule has 0 radical (unpaired) electrons. The molecule has 0 N–H and O–H groups in total. The minimum absolute atomic E-state index is 0.0573. The Morgan fingerprint density at radius 3 is 2.50 bits per heavy atom. The minimum atomic E-state index is -3.88. The molecule has 0 saturated carbocycles. The van der Waals surface area contributed by atoms with E-state index in [1.165, 1.54) is 19.2 Å². The van der Waals surface area contributed by atoms with E-state index in [1.807, 2.05) is 6.07 Å². The number of methoxy groups -OCH3 is 1. The van der Waals surface area contributed by atoms with Crippen LogP contribution in [0.1, 0.15) is 18.1 Å². The van der Waals surface area contributed by atoms with Gasteiger partial charge in [0.05, 0.1) is 18.7 Å². The number of nitrogens with zero attached hydrogens (tertiary/aromatic N) is 1. The summed E-state index contributed by atoms with van der Waals surface area (Å²) >= 11 is 0.